The topological polar surface area (TPSA) is 3.24 Å². The van der Waals surface area contributed by atoms with E-state index in [-0.39, 0.29) is 17.6 Å². The third-order valence-electron chi connectivity index (χ3n) is 4.36. The van der Waals surface area contributed by atoms with E-state index in [9.17, 15) is 13.2 Å². The van der Waals surface area contributed by atoms with Crippen molar-refractivity contribution in [1.82, 2.24) is 0 Å². The van der Waals surface area contributed by atoms with E-state index >= 15 is 0 Å². The quantitative estimate of drug-likeness (QED) is 0.669. The molecule has 0 heterocycles. The second-order valence-electron chi connectivity index (χ2n) is 6.02. The van der Waals surface area contributed by atoms with Gasteiger partial charge in [0, 0.05) is 24.7 Å². The molecule has 21 heavy (non-hydrogen) atoms. The molecule has 2 unspecified atom stereocenters. The standard InChI is InChI=1S/C16H21ClF3N/c1-11-4-3-5-13(8-11)21(2)15-7-6-12(10-17)9-14(15)16(18,19)20/h6-7,9,11,13H,3-5,8,10H2,1-2H3. The smallest absolute Gasteiger partial charge is 0.371 e. The van der Waals surface area contributed by atoms with Crippen molar-refractivity contribution in [2.24, 2.45) is 5.92 Å². The van der Waals surface area contributed by atoms with Crippen LogP contribution in [0.2, 0.25) is 0 Å². The monoisotopic (exact) mass is 319 g/mol. The van der Waals surface area contributed by atoms with Gasteiger partial charge in [-0.05, 0) is 36.5 Å². The number of anilines is 1. The van der Waals surface area contributed by atoms with Crippen LogP contribution in [0, 0.1) is 5.92 Å². The van der Waals surface area contributed by atoms with Gasteiger partial charge >= 0.3 is 6.18 Å². The molecule has 0 radical (unpaired) electrons. The average Bonchev–Trinajstić information content (AvgIpc) is 2.45. The highest BCUT2D eigenvalue weighted by atomic mass is 35.5. The van der Waals surface area contributed by atoms with E-state index in [0.29, 0.717) is 11.5 Å². The summed E-state index contributed by atoms with van der Waals surface area (Å²) in [4.78, 5) is 1.80. The third kappa shape index (κ3) is 3.85. The van der Waals surface area contributed by atoms with Gasteiger partial charge in [0.25, 0.3) is 0 Å². The van der Waals surface area contributed by atoms with Crippen molar-refractivity contribution in [1.29, 1.82) is 0 Å². The molecule has 0 amide bonds. The molecule has 118 valence electrons. The molecule has 0 saturated heterocycles. The normalized spacial score (nSPS) is 23.1. The van der Waals surface area contributed by atoms with E-state index in [2.05, 4.69) is 6.92 Å². The Morgan fingerprint density at radius 3 is 2.57 bits per heavy atom. The van der Waals surface area contributed by atoms with Crippen LogP contribution < -0.4 is 4.90 Å². The third-order valence-corrected chi connectivity index (χ3v) is 4.67. The summed E-state index contributed by atoms with van der Waals surface area (Å²) in [6, 6.07) is 4.59. The van der Waals surface area contributed by atoms with E-state index in [1.54, 1.807) is 24.1 Å². The van der Waals surface area contributed by atoms with Crippen LogP contribution in [0.4, 0.5) is 18.9 Å². The van der Waals surface area contributed by atoms with Gasteiger partial charge in [-0.25, -0.2) is 0 Å². The summed E-state index contributed by atoms with van der Waals surface area (Å²) in [5.41, 5.74) is 0.176. The second-order valence-corrected chi connectivity index (χ2v) is 6.29. The Kier molecular flexibility index (Phi) is 5.07. The summed E-state index contributed by atoms with van der Waals surface area (Å²) < 4.78 is 39.9. The van der Waals surface area contributed by atoms with Crippen LogP contribution in [0.15, 0.2) is 18.2 Å². The summed E-state index contributed by atoms with van der Waals surface area (Å²) in [6.07, 6.45) is -0.203. The van der Waals surface area contributed by atoms with Gasteiger partial charge in [0.05, 0.1) is 5.56 Å². The van der Waals surface area contributed by atoms with Crippen LogP contribution in [0.3, 0.4) is 0 Å². The fourth-order valence-electron chi connectivity index (χ4n) is 3.15. The number of benzene rings is 1. The molecule has 2 atom stereocenters. The fraction of sp³-hybridized carbons (Fsp3) is 0.625. The van der Waals surface area contributed by atoms with Crippen molar-refractivity contribution in [3.8, 4) is 0 Å². The number of nitrogens with zero attached hydrogens (tertiary/aromatic N) is 1. The second kappa shape index (κ2) is 6.47. The van der Waals surface area contributed by atoms with Crippen molar-refractivity contribution in [2.75, 3.05) is 11.9 Å². The molecule has 0 spiro atoms. The summed E-state index contributed by atoms with van der Waals surface area (Å²) in [5, 5.41) is 0. The van der Waals surface area contributed by atoms with Crippen LogP contribution in [-0.4, -0.2) is 13.1 Å². The molecule has 0 aromatic heterocycles. The maximum atomic E-state index is 13.3. The van der Waals surface area contributed by atoms with E-state index in [1.807, 2.05) is 0 Å². The van der Waals surface area contributed by atoms with Gasteiger partial charge in [0.1, 0.15) is 0 Å². The maximum Gasteiger partial charge on any atom is 0.418 e. The number of hydrogen-bond acceptors (Lipinski definition) is 1. The van der Waals surface area contributed by atoms with Crippen molar-refractivity contribution in [3.63, 3.8) is 0 Å². The maximum absolute atomic E-state index is 13.3. The summed E-state index contributed by atoms with van der Waals surface area (Å²) in [6.45, 7) is 2.17. The zero-order valence-electron chi connectivity index (χ0n) is 12.4. The molecule has 0 aliphatic heterocycles. The highest BCUT2D eigenvalue weighted by Gasteiger charge is 2.36. The van der Waals surface area contributed by atoms with E-state index < -0.39 is 11.7 Å². The van der Waals surface area contributed by atoms with E-state index in [4.69, 9.17) is 11.6 Å². The molecule has 1 saturated carbocycles. The lowest BCUT2D eigenvalue weighted by molar-refractivity contribution is -0.137. The molecule has 1 fully saturated rings. The Balaban J connectivity index is 2.33. The summed E-state index contributed by atoms with van der Waals surface area (Å²) in [7, 11) is 1.77. The highest BCUT2D eigenvalue weighted by Crippen LogP contribution is 2.39. The molecule has 0 bridgehead atoms. The molecular formula is C16H21ClF3N. The van der Waals surface area contributed by atoms with E-state index in [1.165, 1.54) is 12.5 Å². The zero-order chi connectivity index (χ0) is 15.6. The Morgan fingerprint density at radius 2 is 2.00 bits per heavy atom. The predicted octanol–water partition coefficient (Wildman–Crippen LogP) is 5.46. The Bertz CT molecular complexity index is 487. The molecule has 1 aromatic rings. The molecule has 0 N–H and O–H groups in total. The van der Waals surface area contributed by atoms with Crippen molar-refractivity contribution in [2.45, 2.75) is 50.7 Å². The first-order valence-corrected chi connectivity index (χ1v) is 7.85. The highest BCUT2D eigenvalue weighted by molar-refractivity contribution is 6.17. The minimum atomic E-state index is -4.36. The zero-order valence-corrected chi connectivity index (χ0v) is 13.1. The van der Waals surface area contributed by atoms with Gasteiger partial charge in [-0.1, -0.05) is 25.8 Å². The lowest BCUT2D eigenvalue weighted by atomic mass is 9.86. The number of halogens is 4. The SMILES string of the molecule is CC1CCCC(N(C)c2ccc(CCl)cc2C(F)(F)F)C1. The van der Waals surface area contributed by atoms with Gasteiger partial charge in [-0.3, -0.25) is 0 Å². The van der Waals surface area contributed by atoms with Crippen LogP contribution in [0.25, 0.3) is 0 Å². The minimum absolute atomic E-state index is 0.0908. The number of alkyl halides is 4. The molecule has 2 rings (SSSR count). The predicted molar refractivity (Wildman–Crippen MR) is 80.8 cm³/mol. The van der Waals surface area contributed by atoms with Gasteiger partial charge in [0.2, 0.25) is 0 Å². The Morgan fingerprint density at radius 1 is 1.29 bits per heavy atom. The van der Waals surface area contributed by atoms with E-state index in [0.717, 1.165) is 19.3 Å². The molecular weight excluding hydrogens is 299 g/mol. The first kappa shape index (κ1) is 16.5. The van der Waals surface area contributed by atoms with Gasteiger partial charge < -0.3 is 4.90 Å². The van der Waals surface area contributed by atoms with Gasteiger partial charge in [-0.15, -0.1) is 11.6 Å². The molecule has 1 aliphatic rings. The van der Waals surface area contributed by atoms with Crippen LogP contribution in [0.5, 0.6) is 0 Å². The van der Waals surface area contributed by atoms with Crippen LogP contribution >= 0.6 is 11.6 Å². The summed E-state index contributed by atoms with van der Waals surface area (Å²) >= 11 is 5.67. The Hall–Kier alpha value is -0.900. The minimum Gasteiger partial charge on any atom is -0.371 e. The van der Waals surface area contributed by atoms with Crippen LogP contribution in [0.1, 0.15) is 43.7 Å². The number of hydrogen-bond donors (Lipinski definition) is 0. The van der Waals surface area contributed by atoms with Crippen molar-refractivity contribution in [3.05, 3.63) is 29.3 Å². The van der Waals surface area contributed by atoms with Gasteiger partial charge in [0.15, 0.2) is 0 Å². The fourth-order valence-corrected chi connectivity index (χ4v) is 3.32. The Labute approximate surface area is 129 Å². The molecule has 1 nitrogen and oxygen atoms in total. The van der Waals surface area contributed by atoms with Gasteiger partial charge in [-0.2, -0.15) is 13.2 Å². The largest absolute Gasteiger partial charge is 0.418 e. The number of rotatable bonds is 3. The lowest BCUT2D eigenvalue weighted by Crippen LogP contribution is -2.36. The first-order valence-electron chi connectivity index (χ1n) is 7.32. The van der Waals surface area contributed by atoms with Crippen molar-refractivity contribution >= 4 is 17.3 Å². The van der Waals surface area contributed by atoms with Crippen molar-refractivity contribution < 1.29 is 13.2 Å². The molecule has 1 aromatic carbocycles. The molecule has 1 aliphatic carbocycles. The lowest BCUT2D eigenvalue weighted by Gasteiger charge is -2.36. The average molecular weight is 320 g/mol. The van der Waals surface area contributed by atoms with Crippen LogP contribution in [-0.2, 0) is 12.1 Å². The summed E-state index contributed by atoms with van der Waals surface area (Å²) in [5.74, 6) is 0.663. The molecule has 5 heteroatoms. The first-order chi connectivity index (χ1) is 9.82.